The van der Waals surface area contributed by atoms with Crippen LogP contribution in [-0.4, -0.2) is 52.5 Å². The molecule has 0 unspecified atom stereocenters. The average Bonchev–Trinajstić information content (AvgIpc) is 3.11. The molecule has 1 atom stereocenters. The van der Waals surface area contributed by atoms with E-state index >= 15 is 0 Å². The van der Waals surface area contributed by atoms with Crippen LogP contribution in [0.1, 0.15) is 43.0 Å². The van der Waals surface area contributed by atoms with Crippen LogP contribution in [0.5, 0.6) is 0 Å². The predicted molar refractivity (Wildman–Crippen MR) is 90.6 cm³/mol. The molecule has 0 bridgehead atoms. The minimum absolute atomic E-state index is 0.0490. The van der Waals surface area contributed by atoms with E-state index in [1.165, 1.54) is 36.6 Å². The number of hydrogen-bond acceptors (Lipinski definition) is 3. The van der Waals surface area contributed by atoms with E-state index in [9.17, 15) is 9.59 Å². The first-order chi connectivity index (χ1) is 11.1. The van der Waals surface area contributed by atoms with Gasteiger partial charge in [-0.25, -0.2) is 0 Å². The molecule has 2 fully saturated rings. The van der Waals surface area contributed by atoms with E-state index in [0.29, 0.717) is 17.5 Å². The number of hydrogen-bond donors (Lipinski definition) is 0. The van der Waals surface area contributed by atoms with Crippen LogP contribution < -0.4 is 5.56 Å². The van der Waals surface area contributed by atoms with E-state index in [-0.39, 0.29) is 11.5 Å². The molecule has 3 heterocycles. The molecule has 2 aliphatic heterocycles. The number of carbonyl (C=O) groups excluding carboxylic acids is 1. The average molecular weight is 317 g/mol. The summed E-state index contributed by atoms with van der Waals surface area (Å²) in [5, 5.41) is 0. The molecule has 0 N–H and O–H groups in total. The monoisotopic (exact) mass is 317 g/mol. The highest BCUT2D eigenvalue weighted by Gasteiger charge is 2.30. The van der Waals surface area contributed by atoms with E-state index in [0.717, 1.165) is 25.9 Å². The zero-order chi connectivity index (χ0) is 16.4. The topological polar surface area (TPSA) is 45.6 Å². The Bertz CT molecular complexity index is 611. The van der Waals surface area contributed by atoms with Crippen molar-refractivity contribution in [2.24, 2.45) is 13.0 Å². The lowest BCUT2D eigenvalue weighted by atomic mass is 9.89. The van der Waals surface area contributed by atoms with Crippen molar-refractivity contribution in [2.75, 3.05) is 26.2 Å². The molecular weight excluding hydrogens is 290 g/mol. The van der Waals surface area contributed by atoms with Crippen molar-refractivity contribution in [3.05, 3.63) is 34.2 Å². The van der Waals surface area contributed by atoms with Gasteiger partial charge in [0.2, 0.25) is 5.56 Å². The number of piperidine rings is 1. The zero-order valence-corrected chi connectivity index (χ0v) is 14.2. The van der Waals surface area contributed by atoms with Gasteiger partial charge in [0.05, 0.1) is 5.56 Å². The van der Waals surface area contributed by atoms with Crippen molar-refractivity contribution >= 4 is 5.91 Å². The van der Waals surface area contributed by atoms with Crippen LogP contribution in [0, 0.1) is 5.92 Å². The third-order valence-corrected chi connectivity index (χ3v) is 5.56. The van der Waals surface area contributed by atoms with Gasteiger partial charge < -0.3 is 14.4 Å². The number of likely N-dealkylation sites (tertiary alicyclic amines) is 2. The van der Waals surface area contributed by atoms with Crippen molar-refractivity contribution < 1.29 is 4.79 Å². The first kappa shape index (κ1) is 16.2. The van der Waals surface area contributed by atoms with E-state index in [4.69, 9.17) is 0 Å². The quantitative estimate of drug-likeness (QED) is 0.853. The van der Waals surface area contributed by atoms with Crippen LogP contribution in [-0.2, 0) is 7.05 Å². The number of aromatic nitrogens is 1. The SMILES string of the molecule is C[C@H](C1CCN(C(=O)c2ccc(=O)n(C)c2)CC1)N1CCCC1. The Balaban J connectivity index is 1.58. The van der Waals surface area contributed by atoms with Gasteiger partial charge in [-0.1, -0.05) is 0 Å². The maximum Gasteiger partial charge on any atom is 0.255 e. The van der Waals surface area contributed by atoms with Crippen molar-refractivity contribution in [3.8, 4) is 0 Å². The Morgan fingerprint density at radius 3 is 2.39 bits per heavy atom. The molecule has 0 aliphatic carbocycles. The van der Waals surface area contributed by atoms with E-state index < -0.39 is 0 Å². The van der Waals surface area contributed by atoms with Crippen molar-refractivity contribution in [1.82, 2.24) is 14.4 Å². The smallest absolute Gasteiger partial charge is 0.255 e. The van der Waals surface area contributed by atoms with Gasteiger partial charge in [0.1, 0.15) is 0 Å². The van der Waals surface area contributed by atoms with Crippen molar-refractivity contribution in [1.29, 1.82) is 0 Å². The molecule has 2 aliphatic rings. The third kappa shape index (κ3) is 3.50. The second-order valence-electron chi connectivity index (χ2n) is 6.98. The Labute approximate surface area is 137 Å². The zero-order valence-electron chi connectivity index (χ0n) is 14.2. The molecule has 0 spiro atoms. The summed E-state index contributed by atoms with van der Waals surface area (Å²) >= 11 is 0. The molecule has 0 radical (unpaired) electrons. The first-order valence-electron chi connectivity index (χ1n) is 8.76. The highest BCUT2D eigenvalue weighted by molar-refractivity contribution is 5.93. The molecule has 1 amide bonds. The van der Waals surface area contributed by atoms with Gasteiger partial charge in [-0.3, -0.25) is 9.59 Å². The second-order valence-corrected chi connectivity index (χ2v) is 6.98. The lowest BCUT2D eigenvalue weighted by Crippen LogP contribution is -2.45. The number of carbonyl (C=O) groups is 1. The van der Waals surface area contributed by atoms with Gasteiger partial charge in [0, 0.05) is 38.4 Å². The third-order valence-electron chi connectivity index (χ3n) is 5.56. The molecule has 0 saturated carbocycles. The minimum Gasteiger partial charge on any atom is -0.339 e. The summed E-state index contributed by atoms with van der Waals surface area (Å²) in [6.45, 7) is 6.46. The molecule has 3 rings (SSSR count). The molecule has 2 saturated heterocycles. The number of amides is 1. The molecular formula is C18H27N3O2. The molecule has 23 heavy (non-hydrogen) atoms. The van der Waals surface area contributed by atoms with Gasteiger partial charge in [0.15, 0.2) is 0 Å². The fourth-order valence-electron chi connectivity index (χ4n) is 3.93. The van der Waals surface area contributed by atoms with Crippen LogP contribution in [0.3, 0.4) is 0 Å². The highest BCUT2D eigenvalue weighted by Crippen LogP contribution is 2.27. The van der Waals surface area contributed by atoms with Gasteiger partial charge in [0.25, 0.3) is 5.91 Å². The van der Waals surface area contributed by atoms with E-state index in [2.05, 4.69) is 11.8 Å². The summed E-state index contributed by atoms with van der Waals surface area (Å²) < 4.78 is 1.47. The summed E-state index contributed by atoms with van der Waals surface area (Å²) in [6.07, 6.45) is 6.46. The summed E-state index contributed by atoms with van der Waals surface area (Å²) in [7, 11) is 1.68. The van der Waals surface area contributed by atoms with E-state index in [1.54, 1.807) is 19.3 Å². The molecule has 1 aromatic rings. The fraction of sp³-hybridized carbons (Fsp3) is 0.667. The number of rotatable bonds is 3. The number of aryl methyl sites for hydroxylation is 1. The summed E-state index contributed by atoms with van der Waals surface area (Å²) in [5.74, 6) is 0.741. The first-order valence-corrected chi connectivity index (χ1v) is 8.76. The van der Waals surface area contributed by atoms with Gasteiger partial charge >= 0.3 is 0 Å². The normalized spacial score (nSPS) is 21.6. The molecule has 0 aromatic carbocycles. The van der Waals surface area contributed by atoms with Crippen LogP contribution in [0.25, 0.3) is 0 Å². The largest absolute Gasteiger partial charge is 0.339 e. The second kappa shape index (κ2) is 6.87. The number of pyridine rings is 1. The van der Waals surface area contributed by atoms with Crippen LogP contribution in [0.15, 0.2) is 23.1 Å². The Kier molecular flexibility index (Phi) is 4.85. The summed E-state index contributed by atoms with van der Waals surface area (Å²) in [5.41, 5.74) is 0.526. The Morgan fingerprint density at radius 1 is 1.13 bits per heavy atom. The summed E-state index contributed by atoms with van der Waals surface area (Å²) in [4.78, 5) is 28.6. The lowest BCUT2D eigenvalue weighted by molar-refractivity contribution is 0.0623. The highest BCUT2D eigenvalue weighted by atomic mass is 16.2. The van der Waals surface area contributed by atoms with Crippen molar-refractivity contribution in [3.63, 3.8) is 0 Å². The predicted octanol–water partition coefficient (Wildman–Crippen LogP) is 1.72. The molecule has 1 aromatic heterocycles. The van der Waals surface area contributed by atoms with Crippen LogP contribution in [0.2, 0.25) is 0 Å². The van der Waals surface area contributed by atoms with Gasteiger partial charge in [-0.2, -0.15) is 0 Å². The van der Waals surface area contributed by atoms with Crippen LogP contribution in [0.4, 0.5) is 0 Å². The van der Waals surface area contributed by atoms with Crippen LogP contribution >= 0.6 is 0 Å². The van der Waals surface area contributed by atoms with Gasteiger partial charge in [-0.15, -0.1) is 0 Å². The fourth-order valence-corrected chi connectivity index (χ4v) is 3.93. The number of nitrogens with zero attached hydrogens (tertiary/aromatic N) is 3. The molecule has 5 nitrogen and oxygen atoms in total. The van der Waals surface area contributed by atoms with Crippen molar-refractivity contribution in [2.45, 2.75) is 38.6 Å². The maximum atomic E-state index is 12.6. The van der Waals surface area contributed by atoms with Gasteiger partial charge in [-0.05, 0) is 57.7 Å². The minimum atomic E-state index is -0.0836. The van der Waals surface area contributed by atoms with E-state index in [1.807, 2.05) is 4.90 Å². The Hall–Kier alpha value is -1.62. The molecule has 126 valence electrons. The maximum absolute atomic E-state index is 12.6. The standard InChI is InChI=1S/C18H27N3O2/c1-14(20-9-3-4-10-20)15-7-11-21(12-8-15)18(23)16-5-6-17(22)19(2)13-16/h5-6,13-15H,3-4,7-12H2,1-2H3/t14-/m1/s1. The summed E-state index contributed by atoms with van der Waals surface area (Å²) in [6, 6.07) is 3.74. The Morgan fingerprint density at radius 2 is 1.78 bits per heavy atom. The lowest BCUT2D eigenvalue weighted by Gasteiger charge is -2.38. The molecule has 5 heteroatoms.